The predicted molar refractivity (Wildman–Crippen MR) is 94.5 cm³/mol. The molecule has 3 rings (SSSR count). The van der Waals surface area contributed by atoms with E-state index in [0.29, 0.717) is 42.1 Å². The molecule has 0 radical (unpaired) electrons. The largest absolute Gasteiger partial charge is 0.453 e. The highest BCUT2D eigenvalue weighted by Gasteiger charge is 2.38. The summed E-state index contributed by atoms with van der Waals surface area (Å²) in [6, 6.07) is 11.1. The van der Waals surface area contributed by atoms with Gasteiger partial charge in [0.05, 0.1) is 5.69 Å². The normalized spacial score (nSPS) is 11.7. The predicted octanol–water partition coefficient (Wildman–Crippen LogP) is 3.20. The lowest BCUT2D eigenvalue weighted by Crippen LogP contribution is -2.15. The minimum atomic E-state index is -4.65. The van der Waals surface area contributed by atoms with Gasteiger partial charge >= 0.3 is 6.18 Å². The molecule has 144 valence electrons. The number of halogens is 3. The van der Waals surface area contributed by atoms with Gasteiger partial charge < -0.3 is 15.4 Å². The molecule has 0 saturated carbocycles. The van der Waals surface area contributed by atoms with Gasteiger partial charge in [-0.2, -0.15) is 17.7 Å². The molecule has 0 aliphatic rings. The summed E-state index contributed by atoms with van der Waals surface area (Å²) in [6.45, 7) is 1.47. The van der Waals surface area contributed by atoms with Crippen molar-refractivity contribution in [3.63, 3.8) is 0 Å². The minimum Gasteiger partial charge on any atom is -0.385 e. The Labute approximate surface area is 153 Å². The van der Waals surface area contributed by atoms with Crippen molar-refractivity contribution >= 4 is 17.2 Å². The zero-order chi connectivity index (χ0) is 19.3. The van der Waals surface area contributed by atoms with Gasteiger partial charge in [-0.25, -0.2) is 0 Å². The zero-order valence-corrected chi connectivity index (χ0v) is 14.6. The van der Waals surface area contributed by atoms with Crippen molar-refractivity contribution in [1.29, 1.82) is 0 Å². The third-order valence-corrected chi connectivity index (χ3v) is 3.78. The first kappa shape index (κ1) is 18.9. The number of hydrogen-bond donors (Lipinski definition) is 2. The van der Waals surface area contributed by atoms with E-state index in [4.69, 9.17) is 4.74 Å². The molecule has 0 bridgehead atoms. The number of ether oxygens (including phenoxy) is 1. The van der Waals surface area contributed by atoms with Gasteiger partial charge in [0.1, 0.15) is 5.82 Å². The second kappa shape index (κ2) is 8.21. The standard InChI is InChI=1S/C17H19F3N6O/c1-27-9-5-8-21-14-10-13(22-11-12-6-3-2-4-7-12)15-23-24-16(17(18,19)20)26(15)25-14/h2-4,6-7,10,22H,5,8-9,11H2,1H3,(H,21,25). The summed E-state index contributed by atoms with van der Waals surface area (Å²) in [4.78, 5) is 0. The molecule has 0 fully saturated rings. The molecule has 2 aromatic heterocycles. The van der Waals surface area contributed by atoms with Crippen LogP contribution in [0, 0.1) is 0 Å². The van der Waals surface area contributed by atoms with Gasteiger partial charge in [0.15, 0.2) is 0 Å². The Bertz CT molecular complexity index is 882. The molecule has 10 heteroatoms. The third kappa shape index (κ3) is 4.64. The van der Waals surface area contributed by atoms with Gasteiger partial charge in [0, 0.05) is 32.9 Å². The maximum Gasteiger partial charge on any atom is 0.453 e. The quantitative estimate of drug-likeness (QED) is 0.585. The summed E-state index contributed by atoms with van der Waals surface area (Å²) in [5.74, 6) is -0.875. The van der Waals surface area contributed by atoms with E-state index in [0.717, 1.165) is 5.56 Å². The number of nitrogens with zero attached hydrogens (tertiary/aromatic N) is 4. The zero-order valence-electron chi connectivity index (χ0n) is 14.6. The van der Waals surface area contributed by atoms with Crippen molar-refractivity contribution < 1.29 is 17.9 Å². The molecule has 0 aliphatic heterocycles. The lowest BCUT2D eigenvalue weighted by molar-refractivity contribution is -0.146. The first-order chi connectivity index (χ1) is 13.0. The fourth-order valence-corrected chi connectivity index (χ4v) is 2.50. The number of fused-ring (bicyclic) bond motifs is 1. The van der Waals surface area contributed by atoms with Crippen LogP contribution in [0.5, 0.6) is 0 Å². The van der Waals surface area contributed by atoms with Gasteiger partial charge in [-0.3, -0.25) is 0 Å². The number of benzene rings is 1. The molecule has 3 aromatic rings. The molecular formula is C17H19F3N6O. The number of aromatic nitrogens is 4. The maximum absolute atomic E-state index is 13.2. The summed E-state index contributed by atoms with van der Waals surface area (Å²) in [5.41, 5.74) is 1.41. The average Bonchev–Trinajstić information content (AvgIpc) is 3.09. The Morgan fingerprint density at radius 2 is 1.89 bits per heavy atom. The average molecular weight is 380 g/mol. The van der Waals surface area contributed by atoms with Crippen molar-refractivity contribution in [1.82, 2.24) is 19.8 Å². The molecule has 0 unspecified atom stereocenters. The molecule has 0 amide bonds. The van der Waals surface area contributed by atoms with Crippen LogP contribution in [0.1, 0.15) is 17.8 Å². The minimum absolute atomic E-state index is 0.0145. The van der Waals surface area contributed by atoms with Crippen molar-refractivity contribution in [2.45, 2.75) is 19.1 Å². The van der Waals surface area contributed by atoms with Crippen LogP contribution < -0.4 is 10.6 Å². The number of anilines is 2. The summed E-state index contributed by atoms with van der Waals surface area (Å²) >= 11 is 0. The Hall–Kier alpha value is -2.88. The van der Waals surface area contributed by atoms with Crippen molar-refractivity contribution in [3.05, 3.63) is 47.8 Å². The third-order valence-electron chi connectivity index (χ3n) is 3.78. The molecule has 0 atom stereocenters. The SMILES string of the molecule is COCCCNc1cc(NCc2ccccc2)c2nnc(C(F)(F)F)n2n1. The smallest absolute Gasteiger partial charge is 0.385 e. The summed E-state index contributed by atoms with van der Waals surface area (Å²) in [7, 11) is 1.59. The topological polar surface area (TPSA) is 76.4 Å². The lowest BCUT2D eigenvalue weighted by Gasteiger charge is -2.12. The van der Waals surface area contributed by atoms with Crippen LogP contribution >= 0.6 is 0 Å². The van der Waals surface area contributed by atoms with Gasteiger partial charge in [-0.15, -0.1) is 15.3 Å². The Kier molecular flexibility index (Phi) is 5.75. The summed E-state index contributed by atoms with van der Waals surface area (Å²) in [5, 5.41) is 17.1. The molecule has 0 spiro atoms. The molecule has 2 N–H and O–H groups in total. The van der Waals surface area contributed by atoms with Crippen LogP contribution in [-0.2, 0) is 17.5 Å². The maximum atomic E-state index is 13.2. The van der Waals surface area contributed by atoms with Crippen LogP contribution in [0.4, 0.5) is 24.7 Å². The monoisotopic (exact) mass is 380 g/mol. The van der Waals surface area contributed by atoms with Crippen molar-refractivity contribution in [3.8, 4) is 0 Å². The second-order valence-electron chi connectivity index (χ2n) is 5.81. The van der Waals surface area contributed by atoms with Gasteiger partial charge in [0.2, 0.25) is 5.65 Å². The number of alkyl halides is 3. The number of hydrogen-bond acceptors (Lipinski definition) is 6. The van der Waals surface area contributed by atoms with E-state index >= 15 is 0 Å². The highest BCUT2D eigenvalue weighted by atomic mass is 19.4. The van der Waals surface area contributed by atoms with E-state index in [1.165, 1.54) is 0 Å². The van der Waals surface area contributed by atoms with Gasteiger partial charge in [-0.05, 0) is 12.0 Å². The van der Waals surface area contributed by atoms with E-state index in [1.807, 2.05) is 30.3 Å². The first-order valence-corrected chi connectivity index (χ1v) is 8.33. The lowest BCUT2D eigenvalue weighted by atomic mass is 10.2. The highest BCUT2D eigenvalue weighted by molar-refractivity contribution is 5.70. The van der Waals surface area contributed by atoms with Crippen LogP contribution in [0.3, 0.4) is 0 Å². The summed E-state index contributed by atoms with van der Waals surface area (Å²) < 4.78 is 45.3. The molecule has 7 nitrogen and oxygen atoms in total. The van der Waals surface area contributed by atoms with E-state index in [2.05, 4.69) is 25.9 Å². The Balaban J connectivity index is 1.90. The van der Waals surface area contributed by atoms with E-state index in [9.17, 15) is 13.2 Å². The van der Waals surface area contributed by atoms with Crippen LogP contribution in [0.2, 0.25) is 0 Å². The van der Waals surface area contributed by atoms with E-state index in [1.54, 1.807) is 13.2 Å². The molecule has 2 heterocycles. The molecule has 0 aliphatic carbocycles. The Morgan fingerprint density at radius 3 is 2.59 bits per heavy atom. The van der Waals surface area contributed by atoms with Gasteiger partial charge in [-0.1, -0.05) is 30.3 Å². The number of methoxy groups -OCH3 is 1. The fraction of sp³-hybridized carbons (Fsp3) is 0.353. The molecule has 27 heavy (non-hydrogen) atoms. The second-order valence-corrected chi connectivity index (χ2v) is 5.81. The Morgan fingerprint density at radius 1 is 1.11 bits per heavy atom. The molecular weight excluding hydrogens is 361 g/mol. The number of nitrogens with one attached hydrogen (secondary N) is 2. The highest BCUT2D eigenvalue weighted by Crippen LogP contribution is 2.30. The fourth-order valence-electron chi connectivity index (χ4n) is 2.50. The van der Waals surface area contributed by atoms with Crippen LogP contribution in [0.25, 0.3) is 5.65 Å². The van der Waals surface area contributed by atoms with E-state index in [-0.39, 0.29) is 5.65 Å². The van der Waals surface area contributed by atoms with Crippen LogP contribution in [-0.4, -0.2) is 40.1 Å². The van der Waals surface area contributed by atoms with Gasteiger partial charge in [0.25, 0.3) is 5.82 Å². The van der Waals surface area contributed by atoms with Crippen molar-refractivity contribution in [2.75, 3.05) is 30.9 Å². The van der Waals surface area contributed by atoms with Crippen LogP contribution in [0.15, 0.2) is 36.4 Å². The van der Waals surface area contributed by atoms with Crippen molar-refractivity contribution in [2.24, 2.45) is 0 Å². The number of rotatable bonds is 8. The molecule has 0 saturated heterocycles. The molecule has 1 aromatic carbocycles. The summed E-state index contributed by atoms with van der Waals surface area (Å²) in [6.07, 6.45) is -3.96. The van der Waals surface area contributed by atoms with E-state index < -0.39 is 12.0 Å². The first-order valence-electron chi connectivity index (χ1n) is 8.33.